The van der Waals surface area contributed by atoms with E-state index in [9.17, 15) is 14.4 Å². The van der Waals surface area contributed by atoms with E-state index in [0.29, 0.717) is 45.2 Å². The molecule has 8 nitrogen and oxygen atoms in total. The molecule has 3 saturated heterocycles. The van der Waals surface area contributed by atoms with E-state index in [1.165, 1.54) is 0 Å². The topological polar surface area (TPSA) is 96.4 Å². The molecule has 0 aromatic rings. The number of likely N-dealkylation sites (tertiary alicyclic amines) is 1. The van der Waals surface area contributed by atoms with Gasteiger partial charge in [-0.2, -0.15) is 0 Å². The van der Waals surface area contributed by atoms with Gasteiger partial charge in [0.25, 0.3) is 0 Å². The van der Waals surface area contributed by atoms with Gasteiger partial charge in [0.05, 0.1) is 24.5 Å². The number of hydrogen-bond acceptors (Lipinski definition) is 6. The fraction of sp³-hybridized carbons (Fsp3) is 0.720. The smallest absolute Gasteiger partial charge is 0.312 e. The Balaban J connectivity index is 1.93. The van der Waals surface area contributed by atoms with E-state index in [-0.39, 0.29) is 31.1 Å². The lowest BCUT2D eigenvalue weighted by Gasteiger charge is -2.38. The van der Waals surface area contributed by atoms with E-state index >= 15 is 0 Å². The Labute approximate surface area is 196 Å². The Morgan fingerprint density at radius 3 is 2.70 bits per heavy atom. The number of hydrogen-bond donors (Lipinski definition) is 1. The third kappa shape index (κ3) is 4.60. The number of carbonyl (C=O) groups is 3. The minimum atomic E-state index is -1.01. The van der Waals surface area contributed by atoms with E-state index in [1.54, 1.807) is 22.0 Å². The maximum atomic E-state index is 13.9. The number of fused-ring (bicyclic) bond motifs is 1. The zero-order valence-electron chi connectivity index (χ0n) is 19.9. The molecule has 2 amide bonds. The molecule has 184 valence electrons. The number of esters is 1. The predicted molar refractivity (Wildman–Crippen MR) is 123 cm³/mol. The lowest BCUT2D eigenvalue weighted by molar-refractivity contribution is -0.155. The molecule has 2 unspecified atom stereocenters. The normalized spacial score (nSPS) is 29.9. The summed E-state index contributed by atoms with van der Waals surface area (Å²) in [6, 6.07) is -0.849. The molecule has 1 N–H and O–H groups in total. The molecule has 0 radical (unpaired) electrons. The van der Waals surface area contributed by atoms with Crippen LogP contribution in [0.4, 0.5) is 0 Å². The number of aliphatic hydroxyl groups is 1. The molecule has 8 heteroatoms. The van der Waals surface area contributed by atoms with Crippen LogP contribution in [-0.4, -0.2) is 82.8 Å². The van der Waals surface area contributed by atoms with E-state index in [1.807, 2.05) is 13.8 Å². The Morgan fingerprint density at radius 1 is 1.30 bits per heavy atom. The van der Waals surface area contributed by atoms with Crippen LogP contribution in [0.15, 0.2) is 25.3 Å². The Kier molecular flexibility index (Phi) is 8.34. The second kappa shape index (κ2) is 10.8. The number of unbranched alkanes of at least 4 members (excludes halogenated alkanes) is 2. The van der Waals surface area contributed by atoms with Gasteiger partial charge in [0.1, 0.15) is 11.6 Å². The molecule has 2 bridgehead atoms. The molecule has 0 aromatic heterocycles. The SMILES string of the molecule is C=CCCOC(=O)[C@@H]1[C@H]2C(=O)N(CCCCCO)C(C(=O)N(CC=C)C(C)C)C23CC[C@H]1O3. The second-order valence-electron chi connectivity index (χ2n) is 9.49. The fourth-order valence-electron chi connectivity index (χ4n) is 5.70. The summed E-state index contributed by atoms with van der Waals surface area (Å²) in [5, 5.41) is 9.12. The van der Waals surface area contributed by atoms with Crippen LogP contribution in [-0.2, 0) is 23.9 Å². The third-order valence-corrected chi connectivity index (χ3v) is 7.16. The van der Waals surface area contributed by atoms with Crippen LogP contribution in [0, 0.1) is 11.8 Å². The van der Waals surface area contributed by atoms with E-state index in [2.05, 4.69) is 13.2 Å². The van der Waals surface area contributed by atoms with Gasteiger partial charge in [0.2, 0.25) is 11.8 Å². The van der Waals surface area contributed by atoms with Crippen molar-refractivity contribution in [2.24, 2.45) is 11.8 Å². The minimum Gasteiger partial charge on any atom is -0.465 e. The molecule has 0 saturated carbocycles. The highest BCUT2D eigenvalue weighted by molar-refractivity contribution is 5.98. The number of ether oxygens (including phenoxy) is 2. The molecule has 3 heterocycles. The Bertz CT molecular complexity index is 768. The van der Waals surface area contributed by atoms with Gasteiger partial charge in [-0.3, -0.25) is 14.4 Å². The summed E-state index contributed by atoms with van der Waals surface area (Å²) in [5.41, 5.74) is -1.01. The first kappa shape index (κ1) is 25.4. The van der Waals surface area contributed by atoms with Crippen LogP contribution in [0.5, 0.6) is 0 Å². The van der Waals surface area contributed by atoms with Crippen LogP contribution in [0.1, 0.15) is 52.4 Å². The van der Waals surface area contributed by atoms with E-state index < -0.39 is 35.6 Å². The van der Waals surface area contributed by atoms with Crippen molar-refractivity contribution in [3.05, 3.63) is 25.3 Å². The van der Waals surface area contributed by atoms with Crippen LogP contribution >= 0.6 is 0 Å². The average molecular weight is 463 g/mol. The fourth-order valence-corrected chi connectivity index (χ4v) is 5.70. The summed E-state index contributed by atoms with van der Waals surface area (Å²) < 4.78 is 11.8. The molecular weight excluding hydrogens is 424 g/mol. The summed E-state index contributed by atoms with van der Waals surface area (Å²) in [5.74, 6) is -2.20. The summed E-state index contributed by atoms with van der Waals surface area (Å²) in [4.78, 5) is 43.9. The van der Waals surface area contributed by atoms with Crippen molar-refractivity contribution in [3.8, 4) is 0 Å². The highest BCUT2D eigenvalue weighted by Gasteiger charge is 2.75. The summed E-state index contributed by atoms with van der Waals surface area (Å²) in [7, 11) is 0. The molecule has 0 aromatic carbocycles. The standard InChI is InChI=1S/C25H38N2O6/c1-5-7-16-32-24(31)19-18-11-12-25(33-18)20(19)22(29)27(14-9-8-10-15-28)21(25)23(30)26(13-6-2)17(3)4/h5-6,17-21,28H,1-2,7-16H2,3-4H3/t18-,19+,20+,21?,25?/m1/s1. The highest BCUT2D eigenvalue weighted by atomic mass is 16.6. The van der Waals surface area contributed by atoms with Gasteiger partial charge < -0.3 is 24.4 Å². The molecule has 3 fully saturated rings. The average Bonchev–Trinajstić information content (AvgIpc) is 3.42. The van der Waals surface area contributed by atoms with Gasteiger partial charge in [-0.05, 0) is 52.4 Å². The maximum Gasteiger partial charge on any atom is 0.312 e. The Hall–Kier alpha value is -2.19. The van der Waals surface area contributed by atoms with Crippen molar-refractivity contribution in [2.75, 3.05) is 26.3 Å². The monoisotopic (exact) mass is 462 g/mol. The minimum absolute atomic E-state index is 0.0736. The van der Waals surface area contributed by atoms with E-state index in [4.69, 9.17) is 14.6 Å². The van der Waals surface area contributed by atoms with Crippen LogP contribution in [0.2, 0.25) is 0 Å². The molecular formula is C25H38N2O6. The molecule has 5 atom stereocenters. The van der Waals surface area contributed by atoms with Crippen molar-refractivity contribution in [1.29, 1.82) is 0 Å². The molecule has 1 spiro atoms. The van der Waals surface area contributed by atoms with Crippen LogP contribution < -0.4 is 0 Å². The van der Waals surface area contributed by atoms with Crippen molar-refractivity contribution < 1.29 is 29.0 Å². The number of carbonyl (C=O) groups excluding carboxylic acids is 3. The van der Waals surface area contributed by atoms with Crippen molar-refractivity contribution >= 4 is 17.8 Å². The van der Waals surface area contributed by atoms with Crippen molar-refractivity contribution in [1.82, 2.24) is 9.80 Å². The number of amides is 2. The predicted octanol–water partition coefficient (Wildman–Crippen LogP) is 2.07. The zero-order chi connectivity index (χ0) is 24.2. The lowest BCUT2D eigenvalue weighted by Crippen LogP contribution is -2.57. The molecule has 0 aliphatic carbocycles. The van der Waals surface area contributed by atoms with Gasteiger partial charge >= 0.3 is 5.97 Å². The molecule has 3 aliphatic rings. The summed E-state index contributed by atoms with van der Waals surface area (Å²) >= 11 is 0. The largest absolute Gasteiger partial charge is 0.465 e. The van der Waals surface area contributed by atoms with Crippen LogP contribution in [0.3, 0.4) is 0 Å². The summed E-state index contributed by atoms with van der Waals surface area (Å²) in [6.07, 6.45) is 6.73. The Morgan fingerprint density at radius 2 is 2.06 bits per heavy atom. The lowest BCUT2D eigenvalue weighted by atomic mass is 9.70. The quantitative estimate of drug-likeness (QED) is 0.256. The van der Waals surface area contributed by atoms with Crippen molar-refractivity contribution in [3.63, 3.8) is 0 Å². The summed E-state index contributed by atoms with van der Waals surface area (Å²) in [6.45, 7) is 12.4. The zero-order valence-corrected chi connectivity index (χ0v) is 19.9. The van der Waals surface area contributed by atoms with Crippen LogP contribution in [0.25, 0.3) is 0 Å². The van der Waals surface area contributed by atoms with Gasteiger partial charge in [0.15, 0.2) is 0 Å². The molecule has 33 heavy (non-hydrogen) atoms. The first-order valence-electron chi connectivity index (χ1n) is 12.1. The van der Waals surface area contributed by atoms with Gasteiger partial charge in [-0.25, -0.2) is 0 Å². The number of rotatable bonds is 13. The number of nitrogens with zero attached hydrogens (tertiary/aromatic N) is 2. The van der Waals surface area contributed by atoms with Crippen molar-refractivity contribution in [2.45, 2.75) is 76.2 Å². The highest BCUT2D eigenvalue weighted by Crippen LogP contribution is 2.58. The third-order valence-electron chi connectivity index (χ3n) is 7.16. The van der Waals surface area contributed by atoms with Gasteiger partial charge in [0, 0.05) is 25.7 Å². The van der Waals surface area contributed by atoms with Gasteiger partial charge in [-0.1, -0.05) is 12.2 Å². The van der Waals surface area contributed by atoms with Gasteiger partial charge in [-0.15, -0.1) is 13.2 Å². The van der Waals surface area contributed by atoms with E-state index in [0.717, 1.165) is 6.42 Å². The molecule has 3 rings (SSSR count). The first-order valence-corrected chi connectivity index (χ1v) is 12.1. The number of aliphatic hydroxyl groups excluding tert-OH is 1. The first-order chi connectivity index (χ1) is 15.8. The maximum absolute atomic E-state index is 13.9. The molecule has 3 aliphatic heterocycles. The second-order valence-corrected chi connectivity index (χ2v) is 9.49.